The molecule has 2 aromatic rings. The number of hydrogen-bond acceptors (Lipinski definition) is 6. The average molecular weight is 224 g/mol. The van der Waals surface area contributed by atoms with Gasteiger partial charge in [0.1, 0.15) is 5.03 Å². The first-order chi connectivity index (χ1) is 7.18. The molecule has 0 spiro atoms. The Morgan fingerprint density at radius 2 is 2.20 bits per heavy atom. The molecule has 0 saturated heterocycles. The predicted octanol–water partition coefficient (Wildman–Crippen LogP) is -0.368. The summed E-state index contributed by atoms with van der Waals surface area (Å²) in [5.41, 5.74) is 5.33. The Balaban J connectivity index is 2.34. The summed E-state index contributed by atoms with van der Waals surface area (Å²) in [5.74, 6) is 0.318. The summed E-state index contributed by atoms with van der Waals surface area (Å²) in [6, 6.07) is 0. The van der Waals surface area contributed by atoms with Crippen LogP contribution in [0.15, 0.2) is 27.4 Å². The lowest BCUT2D eigenvalue weighted by atomic mass is 10.7. The van der Waals surface area contributed by atoms with Gasteiger partial charge in [-0.2, -0.15) is 0 Å². The summed E-state index contributed by atoms with van der Waals surface area (Å²) in [6.45, 7) is 0. The van der Waals surface area contributed by atoms with Crippen LogP contribution < -0.4 is 11.4 Å². The van der Waals surface area contributed by atoms with E-state index in [-0.39, 0.29) is 5.69 Å². The molecule has 15 heavy (non-hydrogen) atoms. The van der Waals surface area contributed by atoms with E-state index in [2.05, 4.69) is 20.2 Å². The molecule has 0 aromatic carbocycles. The van der Waals surface area contributed by atoms with Crippen LogP contribution in [0.4, 0.5) is 5.82 Å². The van der Waals surface area contributed by atoms with Gasteiger partial charge in [0.15, 0.2) is 11.0 Å². The smallest absolute Gasteiger partial charge is 0.343 e. The molecular weight excluding hydrogens is 216 g/mol. The Kier molecular flexibility index (Phi) is 2.42. The van der Waals surface area contributed by atoms with Gasteiger partial charge < -0.3 is 5.73 Å². The van der Waals surface area contributed by atoms with Gasteiger partial charge in [-0.3, -0.25) is 4.57 Å². The van der Waals surface area contributed by atoms with Crippen molar-refractivity contribution in [3.8, 4) is 0 Å². The Bertz CT molecular complexity index is 532. The molecule has 0 unspecified atom stereocenters. The van der Waals surface area contributed by atoms with Gasteiger partial charge in [-0.15, -0.1) is 5.10 Å². The molecule has 8 heteroatoms. The summed E-state index contributed by atoms with van der Waals surface area (Å²) in [5, 5.41) is 7.16. The van der Waals surface area contributed by atoms with Crippen molar-refractivity contribution in [2.75, 3.05) is 5.73 Å². The number of aromatic nitrogens is 5. The summed E-state index contributed by atoms with van der Waals surface area (Å²) < 4.78 is 1.37. The van der Waals surface area contributed by atoms with Gasteiger partial charge >= 0.3 is 5.69 Å². The van der Waals surface area contributed by atoms with Crippen LogP contribution in [0.25, 0.3) is 0 Å². The van der Waals surface area contributed by atoms with E-state index >= 15 is 0 Å². The molecule has 0 saturated carbocycles. The van der Waals surface area contributed by atoms with Crippen LogP contribution in [0.2, 0.25) is 0 Å². The lowest BCUT2D eigenvalue weighted by molar-refractivity contribution is 0.764. The van der Waals surface area contributed by atoms with E-state index in [4.69, 9.17) is 5.73 Å². The fourth-order valence-electron chi connectivity index (χ4n) is 0.925. The number of nitrogens with zero attached hydrogens (tertiary/aromatic N) is 4. The third-order valence-corrected chi connectivity index (χ3v) is 2.77. The second-order valence-electron chi connectivity index (χ2n) is 2.72. The van der Waals surface area contributed by atoms with Crippen molar-refractivity contribution < 1.29 is 0 Å². The summed E-state index contributed by atoms with van der Waals surface area (Å²) >= 11 is 1.18. The van der Waals surface area contributed by atoms with Crippen molar-refractivity contribution in [2.45, 2.75) is 10.2 Å². The maximum Gasteiger partial charge on any atom is 0.343 e. The van der Waals surface area contributed by atoms with E-state index < -0.39 is 0 Å². The molecule has 0 aliphatic rings. The Labute approximate surface area is 88.7 Å². The maximum atomic E-state index is 11.1. The number of H-pyrrole nitrogens is 1. The third-order valence-electron chi connectivity index (χ3n) is 1.72. The molecule has 78 valence electrons. The van der Waals surface area contributed by atoms with Gasteiger partial charge in [-0.25, -0.2) is 19.9 Å². The normalized spacial score (nSPS) is 10.5. The van der Waals surface area contributed by atoms with E-state index in [0.717, 1.165) is 0 Å². The van der Waals surface area contributed by atoms with Crippen molar-refractivity contribution in [2.24, 2.45) is 7.05 Å². The van der Waals surface area contributed by atoms with Gasteiger partial charge in [0.05, 0.1) is 0 Å². The van der Waals surface area contributed by atoms with E-state index in [9.17, 15) is 4.79 Å². The van der Waals surface area contributed by atoms with Crippen LogP contribution in [0.3, 0.4) is 0 Å². The second-order valence-corrected chi connectivity index (χ2v) is 3.68. The summed E-state index contributed by atoms with van der Waals surface area (Å²) in [4.78, 5) is 19.0. The highest BCUT2D eigenvalue weighted by Crippen LogP contribution is 2.25. The van der Waals surface area contributed by atoms with Gasteiger partial charge in [0.2, 0.25) is 0 Å². The molecule has 2 aromatic heterocycles. The fraction of sp³-hybridized carbons (Fsp3) is 0.143. The molecule has 0 amide bonds. The van der Waals surface area contributed by atoms with Crippen molar-refractivity contribution >= 4 is 17.6 Å². The van der Waals surface area contributed by atoms with Crippen LogP contribution in [0.5, 0.6) is 0 Å². The lowest BCUT2D eigenvalue weighted by Gasteiger charge is -2.00. The van der Waals surface area contributed by atoms with Crippen LogP contribution in [-0.4, -0.2) is 24.7 Å². The van der Waals surface area contributed by atoms with Gasteiger partial charge in [0.25, 0.3) is 0 Å². The Hall–Kier alpha value is -1.83. The monoisotopic (exact) mass is 224 g/mol. The predicted molar refractivity (Wildman–Crippen MR) is 54.4 cm³/mol. The lowest BCUT2D eigenvalue weighted by Crippen LogP contribution is -2.12. The first kappa shape index (κ1) is 9.71. The zero-order valence-corrected chi connectivity index (χ0v) is 8.65. The number of anilines is 1. The zero-order chi connectivity index (χ0) is 10.8. The molecule has 2 rings (SSSR count). The Morgan fingerprint density at radius 3 is 2.80 bits per heavy atom. The maximum absolute atomic E-state index is 11.1. The van der Waals surface area contributed by atoms with Crippen LogP contribution in [0, 0.1) is 0 Å². The number of rotatable bonds is 2. The SMILES string of the molecule is Cn1c(Sc2nccnc2N)n[nH]c1=O. The third kappa shape index (κ3) is 1.84. The number of hydrogen-bond donors (Lipinski definition) is 2. The minimum absolute atomic E-state index is 0.278. The van der Waals surface area contributed by atoms with Gasteiger partial charge in [-0.1, -0.05) is 0 Å². The summed E-state index contributed by atoms with van der Waals surface area (Å²) in [6.07, 6.45) is 3.03. The van der Waals surface area contributed by atoms with Crippen LogP contribution >= 0.6 is 11.8 Å². The molecule has 2 heterocycles. The fourth-order valence-corrected chi connectivity index (χ4v) is 1.68. The van der Waals surface area contributed by atoms with E-state index in [1.54, 1.807) is 7.05 Å². The molecule has 0 fully saturated rings. The number of nitrogens with two attached hydrogens (primary N) is 1. The minimum atomic E-state index is -0.278. The molecule has 7 nitrogen and oxygen atoms in total. The number of nitrogen functional groups attached to an aromatic ring is 1. The van der Waals surface area contributed by atoms with Gasteiger partial charge in [-0.05, 0) is 11.8 Å². The van der Waals surface area contributed by atoms with Crippen LogP contribution in [-0.2, 0) is 7.05 Å². The molecule has 0 bridgehead atoms. The van der Waals surface area contributed by atoms with Crippen molar-refractivity contribution in [3.05, 3.63) is 22.9 Å². The highest BCUT2D eigenvalue weighted by molar-refractivity contribution is 7.99. The van der Waals surface area contributed by atoms with Crippen molar-refractivity contribution in [3.63, 3.8) is 0 Å². The van der Waals surface area contributed by atoms with Gasteiger partial charge in [0, 0.05) is 19.4 Å². The molecule has 0 aliphatic heterocycles. The Morgan fingerprint density at radius 1 is 1.47 bits per heavy atom. The molecular formula is C7H8N6OS. The molecule has 0 aliphatic carbocycles. The molecule has 3 N–H and O–H groups in total. The largest absolute Gasteiger partial charge is 0.381 e. The van der Waals surface area contributed by atoms with Crippen molar-refractivity contribution in [1.82, 2.24) is 24.7 Å². The zero-order valence-electron chi connectivity index (χ0n) is 7.84. The molecule has 0 atom stereocenters. The first-order valence-corrected chi connectivity index (χ1v) is 4.86. The van der Waals surface area contributed by atoms with E-state index in [1.165, 1.54) is 28.7 Å². The van der Waals surface area contributed by atoms with E-state index in [1.807, 2.05) is 0 Å². The topological polar surface area (TPSA) is 102 Å². The number of nitrogens with one attached hydrogen (secondary N) is 1. The van der Waals surface area contributed by atoms with Crippen LogP contribution in [0.1, 0.15) is 0 Å². The first-order valence-electron chi connectivity index (χ1n) is 4.04. The van der Waals surface area contributed by atoms with Crippen molar-refractivity contribution in [1.29, 1.82) is 0 Å². The standard InChI is InChI=1S/C7H8N6OS/c1-13-6(14)11-12-7(13)15-5-4(8)9-2-3-10-5/h2-3H,1H3,(H2,8,9)(H,11,14). The van der Waals surface area contributed by atoms with E-state index in [0.29, 0.717) is 16.0 Å². The summed E-state index contributed by atoms with van der Waals surface area (Å²) in [7, 11) is 1.61. The quantitative estimate of drug-likeness (QED) is 0.721. The molecule has 0 radical (unpaired) electrons. The second kappa shape index (κ2) is 3.73. The average Bonchev–Trinajstić information content (AvgIpc) is 2.53. The minimum Gasteiger partial charge on any atom is -0.381 e. The highest BCUT2D eigenvalue weighted by Gasteiger charge is 2.09. The number of aromatic amines is 1. The highest BCUT2D eigenvalue weighted by atomic mass is 32.2.